The molecule has 4 rings (SSSR count). The third kappa shape index (κ3) is 7.46. The van der Waals surface area contributed by atoms with Crippen LogP contribution >= 0.6 is 15.9 Å². The van der Waals surface area contributed by atoms with Crippen molar-refractivity contribution in [2.45, 2.75) is 26.9 Å². The van der Waals surface area contributed by atoms with Crippen LogP contribution in [0.5, 0.6) is 0 Å². The molecular weight excluding hydrogens is 635 g/mol. The minimum absolute atomic E-state index is 0.0167. The van der Waals surface area contributed by atoms with E-state index in [4.69, 9.17) is 4.74 Å². The fraction of sp³-hybridized carbons (Fsp3) is 0.138. The summed E-state index contributed by atoms with van der Waals surface area (Å²) >= 11 is 3.21. The number of rotatable bonds is 6. The third-order valence-electron chi connectivity index (χ3n) is 6.03. The number of aryl methyl sites for hydroxylation is 3. The first-order chi connectivity index (χ1) is 20.2. The molecule has 0 unspecified atom stereocenters. The van der Waals surface area contributed by atoms with Crippen molar-refractivity contribution in [3.8, 4) is 0 Å². The molecule has 0 atom stereocenters. The summed E-state index contributed by atoms with van der Waals surface area (Å²) in [5.41, 5.74) is -1.30. The molecule has 0 bridgehead atoms. The predicted octanol–water partition coefficient (Wildman–Crippen LogP) is 6.08. The quantitative estimate of drug-likeness (QED) is 0.188. The number of pyridine rings is 1. The molecule has 43 heavy (non-hydrogen) atoms. The van der Waals surface area contributed by atoms with E-state index in [0.717, 1.165) is 11.6 Å². The van der Waals surface area contributed by atoms with Gasteiger partial charge < -0.3 is 15.4 Å². The maximum atomic E-state index is 13.5. The van der Waals surface area contributed by atoms with Crippen LogP contribution in [0.2, 0.25) is 0 Å². The van der Waals surface area contributed by atoms with Crippen LogP contribution in [0.4, 0.5) is 24.8 Å². The number of alkyl halides is 3. The van der Waals surface area contributed by atoms with Gasteiger partial charge in [-0.3, -0.25) is 14.6 Å². The maximum absolute atomic E-state index is 13.5. The van der Waals surface area contributed by atoms with E-state index in [2.05, 4.69) is 41.5 Å². The number of nitrogens with zero attached hydrogens (tertiary/aromatic N) is 3. The predicted molar refractivity (Wildman–Crippen MR) is 152 cm³/mol. The monoisotopic (exact) mass is 655 g/mol. The van der Waals surface area contributed by atoms with E-state index >= 15 is 0 Å². The highest BCUT2D eigenvalue weighted by molar-refractivity contribution is 9.10. The average molecular weight is 656 g/mol. The topological polar surface area (TPSA) is 140 Å². The molecule has 14 heteroatoms. The SMILES string of the molecule is Cc1ccc(NC(=O)c2cc(Br)ccc2C(=O)OC(=O)c2cc(C(F)(F)F)ccc2C(=O)Nc2cnc(C)c(C)n2)nc1. The van der Waals surface area contributed by atoms with Gasteiger partial charge in [-0.15, -0.1) is 0 Å². The Labute approximate surface area is 250 Å². The van der Waals surface area contributed by atoms with E-state index < -0.39 is 46.6 Å². The van der Waals surface area contributed by atoms with E-state index in [1.54, 1.807) is 26.8 Å². The Kier molecular flexibility index (Phi) is 8.99. The number of benzene rings is 2. The van der Waals surface area contributed by atoms with Crippen molar-refractivity contribution in [2.24, 2.45) is 0 Å². The van der Waals surface area contributed by atoms with E-state index in [-0.39, 0.29) is 22.8 Å². The second-order valence-electron chi connectivity index (χ2n) is 9.18. The molecule has 0 aliphatic rings. The Morgan fingerprint density at radius 2 is 1.37 bits per heavy atom. The highest BCUT2D eigenvalue weighted by Gasteiger charge is 2.34. The zero-order chi connectivity index (χ0) is 31.5. The lowest BCUT2D eigenvalue weighted by molar-refractivity contribution is -0.137. The fourth-order valence-corrected chi connectivity index (χ4v) is 4.04. The lowest BCUT2D eigenvalue weighted by Gasteiger charge is -2.14. The number of anilines is 2. The number of nitrogens with one attached hydrogen (secondary N) is 2. The van der Waals surface area contributed by atoms with E-state index in [9.17, 15) is 32.3 Å². The maximum Gasteiger partial charge on any atom is 0.416 e. The summed E-state index contributed by atoms with van der Waals surface area (Å²) in [6, 6.07) is 8.90. The molecule has 0 saturated heterocycles. The van der Waals surface area contributed by atoms with Gasteiger partial charge in [-0.1, -0.05) is 22.0 Å². The van der Waals surface area contributed by atoms with Gasteiger partial charge in [-0.25, -0.2) is 19.6 Å². The van der Waals surface area contributed by atoms with Gasteiger partial charge in [0.05, 0.1) is 45.4 Å². The highest BCUT2D eigenvalue weighted by Crippen LogP contribution is 2.31. The summed E-state index contributed by atoms with van der Waals surface area (Å²) in [4.78, 5) is 64.5. The molecule has 2 aromatic carbocycles. The van der Waals surface area contributed by atoms with Crippen LogP contribution in [-0.4, -0.2) is 38.7 Å². The standard InChI is InChI=1S/C29H21BrF3N5O5/c1-14-4-9-23(35-12-14)37-26(40)21-11-18(30)6-8-20(21)27(41)43-28(42)22-10-17(29(31,32)33)5-7-19(22)25(39)38-24-13-34-15(2)16(3)36-24/h4-13H,1-3H3,(H,35,37,40)(H,36,38,39). The molecule has 0 aliphatic carbocycles. The second-order valence-corrected chi connectivity index (χ2v) is 10.1. The number of halogens is 4. The van der Waals surface area contributed by atoms with Crippen LogP contribution < -0.4 is 10.6 Å². The molecule has 10 nitrogen and oxygen atoms in total. The molecule has 2 N–H and O–H groups in total. The van der Waals surface area contributed by atoms with Crippen molar-refractivity contribution in [3.05, 3.63) is 110 Å². The van der Waals surface area contributed by atoms with E-state index in [0.29, 0.717) is 28.0 Å². The Morgan fingerprint density at radius 3 is 2.02 bits per heavy atom. The third-order valence-corrected chi connectivity index (χ3v) is 6.52. The van der Waals surface area contributed by atoms with Crippen molar-refractivity contribution in [1.82, 2.24) is 15.0 Å². The first kappa shape index (κ1) is 31.0. The summed E-state index contributed by atoms with van der Waals surface area (Å²) < 4.78 is 45.8. The van der Waals surface area contributed by atoms with Crippen molar-refractivity contribution in [2.75, 3.05) is 10.6 Å². The molecule has 4 aromatic rings. The molecule has 0 aliphatic heterocycles. The van der Waals surface area contributed by atoms with Gasteiger partial charge in [0.25, 0.3) is 11.8 Å². The van der Waals surface area contributed by atoms with Crippen LogP contribution in [-0.2, 0) is 10.9 Å². The molecular formula is C29H21BrF3N5O5. The number of ether oxygens (including phenoxy) is 1. The molecule has 0 spiro atoms. The van der Waals surface area contributed by atoms with Crippen molar-refractivity contribution < 1.29 is 37.1 Å². The zero-order valence-corrected chi connectivity index (χ0v) is 24.3. The molecule has 2 aromatic heterocycles. The van der Waals surface area contributed by atoms with Crippen LogP contribution in [0.3, 0.4) is 0 Å². The number of carbonyl (C=O) groups excluding carboxylic acids is 4. The summed E-state index contributed by atoms with van der Waals surface area (Å²) in [7, 11) is 0. The Balaban J connectivity index is 1.64. The minimum Gasteiger partial charge on any atom is -0.386 e. The van der Waals surface area contributed by atoms with Crippen LogP contribution in [0, 0.1) is 20.8 Å². The summed E-state index contributed by atoms with van der Waals surface area (Å²) in [5.74, 6) is -4.51. The van der Waals surface area contributed by atoms with Gasteiger partial charge in [0.1, 0.15) is 5.82 Å². The van der Waals surface area contributed by atoms with Crippen LogP contribution in [0.15, 0.2) is 65.4 Å². The summed E-state index contributed by atoms with van der Waals surface area (Å²) in [6.45, 7) is 5.13. The second kappa shape index (κ2) is 12.5. The molecule has 2 heterocycles. The van der Waals surface area contributed by atoms with Crippen molar-refractivity contribution >= 4 is 51.3 Å². The highest BCUT2D eigenvalue weighted by atomic mass is 79.9. The Bertz CT molecular complexity index is 1760. The molecule has 2 amide bonds. The Morgan fingerprint density at radius 1 is 0.721 bits per heavy atom. The summed E-state index contributed by atoms with van der Waals surface area (Å²) in [5, 5.41) is 4.89. The van der Waals surface area contributed by atoms with Crippen molar-refractivity contribution in [1.29, 1.82) is 0 Å². The molecule has 0 saturated carbocycles. The Hall–Kier alpha value is -4.98. The molecule has 0 fully saturated rings. The zero-order valence-electron chi connectivity index (χ0n) is 22.7. The number of hydrogen-bond acceptors (Lipinski definition) is 8. The minimum atomic E-state index is -4.88. The van der Waals surface area contributed by atoms with E-state index in [1.807, 2.05) is 0 Å². The fourth-order valence-electron chi connectivity index (χ4n) is 3.68. The number of aromatic nitrogens is 3. The van der Waals surface area contributed by atoms with Gasteiger partial charge in [-0.05, 0) is 68.8 Å². The lowest BCUT2D eigenvalue weighted by Crippen LogP contribution is -2.23. The van der Waals surface area contributed by atoms with Gasteiger partial charge in [-0.2, -0.15) is 13.2 Å². The number of carbonyl (C=O) groups is 4. The van der Waals surface area contributed by atoms with Crippen LogP contribution in [0.25, 0.3) is 0 Å². The number of hydrogen-bond donors (Lipinski definition) is 2. The molecule has 0 radical (unpaired) electrons. The summed E-state index contributed by atoms with van der Waals surface area (Å²) in [6.07, 6.45) is -2.13. The lowest BCUT2D eigenvalue weighted by atomic mass is 10.0. The first-order valence-corrected chi connectivity index (χ1v) is 13.1. The number of amides is 2. The number of esters is 2. The van der Waals surface area contributed by atoms with Crippen molar-refractivity contribution in [3.63, 3.8) is 0 Å². The van der Waals surface area contributed by atoms with Gasteiger partial charge in [0.15, 0.2) is 5.82 Å². The smallest absolute Gasteiger partial charge is 0.386 e. The average Bonchev–Trinajstić information content (AvgIpc) is 2.95. The van der Waals surface area contributed by atoms with Crippen LogP contribution in [0.1, 0.15) is 63.9 Å². The van der Waals surface area contributed by atoms with Gasteiger partial charge in [0, 0.05) is 10.7 Å². The molecule has 220 valence electrons. The first-order valence-electron chi connectivity index (χ1n) is 12.4. The normalized spacial score (nSPS) is 11.0. The van der Waals surface area contributed by atoms with Gasteiger partial charge >= 0.3 is 18.1 Å². The van der Waals surface area contributed by atoms with E-state index in [1.165, 1.54) is 36.7 Å². The van der Waals surface area contributed by atoms with Gasteiger partial charge in [0.2, 0.25) is 0 Å². The largest absolute Gasteiger partial charge is 0.416 e.